The van der Waals surface area contributed by atoms with Crippen LogP contribution in [0.1, 0.15) is 23.2 Å². The van der Waals surface area contributed by atoms with Crippen molar-refractivity contribution in [1.82, 2.24) is 9.55 Å². The highest BCUT2D eigenvalue weighted by Gasteiger charge is 2.22. The van der Waals surface area contributed by atoms with Crippen molar-refractivity contribution in [2.75, 3.05) is 18.6 Å². The van der Waals surface area contributed by atoms with E-state index in [2.05, 4.69) is 4.98 Å². The van der Waals surface area contributed by atoms with E-state index in [0.717, 1.165) is 17.4 Å². The zero-order valence-corrected chi connectivity index (χ0v) is 13.4. The molecule has 1 N–H and O–H groups in total. The lowest BCUT2D eigenvalue weighted by Crippen LogP contribution is -2.43. The van der Waals surface area contributed by atoms with Crippen LogP contribution < -0.4 is 16.1 Å². The van der Waals surface area contributed by atoms with E-state index in [-0.39, 0.29) is 18.2 Å². The second kappa shape index (κ2) is 6.84. The van der Waals surface area contributed by atoms with Crippen LogP contribution in [0, 0.1) is 0 Å². The van der Waals surface area contributed by atoms with Gasteiger partial charge in [-0.3, -0.25) is 14.2 Å². The summed E-state index contributed by atoms with van der Waals surface area (Å²) in [4.78, 5) is 41.0. The lowest BCUT2D eigenvalue weighted by Gasteiger charge is -2.17. The second-order valence-electron chi connectivity index (χ2n) is 5.76. The van der Waals surface area contributed by atoms with Crippen molar-refractivity contribution in [3.8, 4) is 0 Å². The van der Waals surface area contributed by atoms with Gasteiger partial charge in [0, 0.05) is 25.5 Å². The maximum atomic E-state index is 12.6. The number of para-hydroxylation sites is 1. The summed E-state index contributed by atoms with van der Waals surface area (Å²) >= 11 is 0. The number of hydrogen-bond donors (Lipinski definition) is 1. The number of carbonyl (C=O) groups excluding carboxylic acids is 1. The lowest BCUT2D eigenvalue weighted by molar-refractivity contribution is 0.0937. The molecule has 1 aromatic carbocycles. The lowest BCUT2D eigenvalue weighted by atomic mass is 10.2. The van der Waals surface area contributed by atoms with Gasteiger partial charge in [-0.15, -0.1) is 0 Å². The molecule has 1 aromatic heterocycles. The summed E-state index contributed by atoms with van der Waals surface area (Å²) in [5.74, 6) is -0.469. The Hall–Kier alpha value is -2.67. The van der Waals surface area contributed by atoms with Crippen LogP contribution in [0.3, 0.4) is 0 Å². The minimum Gasteiger partial charge on any atom is -0.376 e. The molecule has 1 atom stereocenters. The fourth-order valence-electron chi connectivity index (χ4n) is 2.77. The SMILES string of the molecule is CN(C(=O)c1c[nH]c(=O)n(CC2CCCO2)c1=O)c1ccccc1. The third-order valence-electron chi connectivity index (χ3n) is 4.15. The molecule has 0 aliphatic carbocycles. The molecule has 7 nitrogen and oxygen atoms in total. The first-order valence-electron chi connectivity index (χ1n) is 7.85. The van der Waals surface area contributed by atoms with Gasteiger partial charge in [-0.1, -0.05) is 18.2 Å². The van der Waals surface area contributed by atoms with Gasteiger partial charge in [0.2, 0.25) is 0 Å². The molecule has 126 valence electrons. The average molecular weight is 329 g/mol. The Morgan fingerprint density at radius 3 is 2.75 bits per heavy atom. The molecule has 7 heteroatoms. The summed E-state index contributed by atoms with van der Waals surface area (Å²) in [6, 6.07) is 9.00. The molecule has 0 bridgehead atoms. The number of hydrogen-bond acceptors (Lipinski definition) is 4. The van der Waals surface area contributed by atoms with Crippen LogP contribution in [0.25, 0.3) is 0 Å². The monoisotopic (exact) mass is 329 g/mol. The highest BCUT2D eigenvalue weighted by Crippen LogP contribution is 2.14. The van der Waals surface area contributed by atoms with Gasteiger partial charge in [0.25, 0.3) is 11.5 Å². The first-order valence-corrected chi connectivity index (χ1v) is 7.85. The number of ether oxygens (including phenoxy) is 1. The summed E-state index contributed by atoms with van der Waals surface area (Å²) in [6.07, 6.45) is 2.72. The number of aromatic amines is 1. The van der Waals surface area contributed by atoms with Crippen molar-refractivity contribution >= 4 is 11.6 Å². The van der Waals surface area contributed by atoms with E-state index in [4.69, 9.17) is 4.74 Å². The van der Waals surface area contributed by atoms with Crippen molar-refractivity contribution in [3.05, 3.63) is 62.9 Å². The molecule has 0 radical (unpaired) electrons. The number of rotatable bonds is 4. The Kier molecular flexibility index (Phi) is 4.61. The van der Waals surface area contributed by atoms with Gasteiger partial charge >= 0.3 is 5.69 Å². The first-order chi connectivity index (χ1) is 11.6. The van der Waals surface area contributed by atoms with E-state index in [1.807, 2.05) is 18.2 Å². The van der Waals surface area contributed by atoms with Crippen molar-refractivity contribution in [2.24, 2.45) is 0 Å². The van der Waals surface area contributed by atoms with Gasteiger partial charge in [-0.25, -0.2) is 4.79 Å². The molecule has 1 saturated heterocycles. The Morgan fingerprint density at radius 1 is 1.33 bits per heavy atom. The van der Waals surface area contributed by atoms with Gasteiger partial charge in [0.05, 0.1) is 12.6 Å². The van der Waals surface area contributed by atoms with Crippen molar-refractivity contribution in [1.29, 1.82) is 0 Å². The van der Waals surface area contributed by atoms with Crippen LogP contribution in [0.5, 0.6) is 0 Å². The van der Waals surface area contributed by atoms with Crippen LogP contribution in [0.15, 0.2) is 46.1 Å². The first kappa shape index (κ1) is 16.2. The van der Waals surface area contributed by atoms with Crippen LogP contribution in [0.4, 0.5) is 5.69 Å². The molecule has 2 aromatic rings. The predicted octanol–water partition coefficient (Wildman–Crippen LogP) is 0.992. The molecule has 1 amide bonds. The normalized spacial score (nSPS) is 17.0. The predicted molar refractivity (Wildman–Crippen MR) is 89.5 cm³/mol. The number of nitrogens with zero attached hydrogens (tertiary/aromatic N) is 2. The molecular formula is C17H19N3O4. The molecule has 2 heterocycles. The summed E-state index contributed by atoms with van der Waals surface area (Å²) < 4.78 is 6.52. The molecule has 1 unspecified atom stereocenters. The van der Waals surface area contributed by atoms with Crippen molar-refractivity contribution in [3.63, 3.8) is 0 Å². The Bertz CT molecular complexity index is 835. The molecular weight excluding hydrogens is 310 g/mol. The van der Waals surface area contributed by atoms with E-state index in [1.54, 1.807) is 19.2 Å². The molecule has 0 spiro atoms. The van der Waals surface area contributed by atoms with Gasteiger partial charge in [0.15, 0.2) is 0 Å². The number of carbonyl (C=O) groups is 1. The van der Waals surface area contributed by atoms with Gasteiger partial charge < -0.3 is 14.6 Å². The highest BCUT2D eigenvalue weighted by molar-refractivity contribution is 6.05. The third kappa shape index (κ3) is 3.16. The van der Waals surface area contributed by atoms with Crippen LogP contribution in [0.2, 0.25) is 0 Å². The third-order valence-corrected chi connectivity index (χ3v) is 4.15. The van der Waals surface area contributed by atoms with Crippen molar-refractivity contribution < 1.29 is 9.53 Å². The molecule has 0 saturated carbocycles. The maximum Gasteiger partial charge on any atom is 0.328 e. The van der Waals surface area contributed by atoms with E-state index in [9.17, 15) is 14.4 Å². The van der Waals surface area contributed by atoms with E-state index >= 15 is 0 Å². The molecule has 24 heavy (non-hydrogen) atoms. The highest BCUT2D eigenvalue weighted by atomic mass is 16.5. The summed E-state index contributed by atoms with van der Waals surface area (Å²) in [5, 5.41) is 0. The minimum atomic E-state index is -0.595. The largest absolute Gasteiger partial charge is 0.376 e. The number of anilines is 1. The second-order valence-corrected chi connectivity index (χ2v) is 5.76. The fraction of sp³-hybridized carbons (Fsp3) is 0.353. The summed E-state index contributed by atoms with van der Waals surface area (Å²) in [6.45, 7) is 0.789. The number of H-pyrrole nitrogens is 1. The standard InChI is InChI=1S/C17H19N3O4/c1-19(12-6-3-2-4-7-12)15(21)14-10-18-17(23)20(16(14)22)11-13-8-5-9-24-13/h2-4,6-7,10,13H,5,8-9,11H2,1H3,(H,18,23). The molecule has 1 aliphatic heterocycles. The van der Waals surface area contributed by atoms with E-state index < -0.39 is 17.2 Å². The van der Waals surface area contributed by atoms with Crippen LogP contribution in [-0.4, -0.2) is 35.2 Å². The maximum absolute atomic E-state index is 12.6. The molecule has 1 aliphatic rings. The molecule has 1 fully saturated rings. The summed E-state index contributed by atoms with van der Waals surface area (Å²) in [5.41, 5.74) is -0.533. The topological polar surface area (TPSA) is 84.4 Å². The fourth-order valence-corrected chi connectivity index (χ4v) is 2.77. The zero-order valence-electron chi connectivity index (χ0n) is 13.4. The quantitative estimate of drug-likeness (QED) is 0.907. The Labute approximate surface area is 138 Å². The van der Waals surface area contributed by atoms with Gasteiger partial charge in [-0.2, -0.15) is 0 Å². The van der Waals surface area contributed by atoms with E-state index in [1.165, 1.54) is 11.1 Å². The minimum absolute atomic E-state index is 0.0704. The zero-order chi connectivity index (χ0) is 17.1. The van der Waals surface area contributed by atoms with Crippen molar-refractivity contribution in [2.45, 2.75) is 25.5 Å². The summed E-state index contributed by atoms with van der Waals surface area (Å²) in [7, 11) is 1.59. The smallest absolute Gasteiger partial charge is 0.328 e. The number of aromatic nitrogens is 2. The number of nitrogens with one attached hydrogen (secondary N) is 1. The Balaban J connectivity index is 1.92. The van der Waals surface area contributed by atoms with Gasteiger partial charge in [0.1, 0.15) is 5.56 Å². The van der Waals surface area contributed by atoms with Crippen LogP contribution >= 0.6 is 0 Å². The average Bonchev–Trinajstić information content (AvgIpc) is 3.11. The molecule has 3 rings (SSSR count). The number of amides is 1. The number of benzene rings is 1. The van der Waals surface area contributed by atoms with E-state index in [0.29, 0.717) is 12.3 Å². The van der Waals surface area contributed by atoms with Gasteiger partial charge in [-0.05, 0) is 25.0 Å². The van der Waals surface area contributed by atoms with Crippen LogP contribution in [-0.2, 0) is 11.3 Å². The Morgan fingerprint density at radius 2 is 2.08 bits per heavy atom.